The van der Waals surface area contributed by atoms with E-state index >= 15 is 0 Å². The van der Waals surface area contributed by atoms with Crippen LogP contribution < -0.4 is 10.5 Å². The minimum absolute atomic E-state index is 0.284. The lowest BCUT2D eigenvalue weighted by Gasteiger charge is -2.45. The highest BCUT2D eigenvalue weighted by Crippen LogP contribution is 2.31. The van der Waals surface area contributed by atoms with Gasteiger partial charge in [-0.25, -0.2) is 0 Å². The molecule has 0 aliphatic carbocycles. The van der Waals surface area contributed by atoms with E-state index < -0.39 is 0 Å². The number of rotatable bonds is 0. The molecule has 10 heavy (non-hydrogen) atoms. The van der Waals surface area contributed by atoms with Crippen LogP contribution in [0.2, 0.25) is 0 Å². The Labute approximate surface area is 64.8 Å². The highest BCUT2D eigenvalue weighted by atomic mass is 32.2. The van der Waals surface area contributed by atoms with Crippen molar-refractivity contribution in [1.29, 1.82) is 0 Å². The van der Waals surface area contributed by atoms with E-state index in [4.69, 9.17) is 10.5 Å². The lowest BCUT2D eigenvalue weighted by atomic mass is 9.92. The summed E-state index contributed by atoms with van der Waals surface area (Å²) in [4.78, 5) is 0. The first kappa shape index (κ1) is 6.91. The van der Waals surface area contributed by atoms with Crippen molar-refractivity contribution in [2.45, 2.75) is 23.8 Å². The fourth-order valence-electron chi connectivity index (χ4n) is 1.28. The smallest absolute Gasteiger partial charge is 0.0750 e. The molecule has 4 heteroatoms. The molecule has 2 aliphatic rings. The van der Waals surface area contributed by atoms with Gasteiger partial charge in [-0.15, -0.1) is 0 Å². The van der Waals surface area contributed by atoms with Gasteiger partial charge in [0.05, 0.1) is 24.1 Å². The molecule has 58 valence electrons. The second-order valence-electron chi connectivity index (χ2n) is 3.07. The molecule has 2 heterocycles. The number of nitrogens with two attached hydrogens (primary N) is 1. The Morgan fingerprint density at radius 1 is 1.60 bits per heavy atom. The summed E-state index contributed by atoms with van der Waals surface area (Å²) in [5.41, 5.74) is 5.99. The molecule has 0 radical (unpaired) electrons. The van der Waals surface area contributed by atoms with Gasteiger partial charge < -0.3 is 10.5 Å². The molecule has 3 nitrogen and oxygen atoms in total. The van der Waals surface area contributed by atoms with Crippen LogP contribution in [0.15, 0.2) is 0 Å². The van der Waals surface area contributed by atoms with Crippen molar-refractivity contribution in [3.8, 4) is 0 Å². The average Bonchev–Trinajstić information content (AvgIpc) is 1.86. The van der Waals surface area contributed by atoms with Gasteiger partial charge in [-0.1, -0.05) is 11.9 Å². The van der Waals surface area contributed by atoms with E-state index in [1.165, 1.54) is 6.42 Å². The first-order valence-electron chi connectivity index (χ1n) is 3.57. The van der Waals surface area contributed by atoms with Crippen molar-refractivity contribution in [3.05, 3.63) is 0 Å². The molecule has 0 aromatic rings. The van der Waals surface area contributed by atoms with Crippen LogP contribution in [0, 0.1) is 0 Å². The van der Waals surface area contributed by atoms with E-state index in [0.29, 0.717) is 5.54 Å². The summed E-state index contributed by atoms with van der Waals surface area (Å²) in [5.74, 6) is 0. The number of nitrogens with one attached hydrogen (secondary N) is 1. The van der Waals surface area contributed by atoms with E-state index in [-0.39, 0.29) is 5.37 Å². The summed E-state index contributed by atoms with van der Waals surface area (Å²) in [6.07, 6.45) is 2.28. The van der Waals surface area contributed by atoms with Crippen molar-refractivity contribution in [2.24, 2.45) is 5.73 Å². The summed E-state index contributed by atoms with van der Waals surface area (Å²) in [6.45, 7) is 1.74. The molecule has 1 spiro atoms. The summed E-state index contributed by atoms with van der Waals surface area (Å²) < 4.78 is 8.48. The normalized spacial score (nSPS) is 37.5. The zero-order valence-corrected chi connectivity index (χ0v) is 6.62. The van der Waals surface area contributed by atoms with Gasteiger partial charge in [0.1, 0.15) is 0 Å². The molecule has 2 saturated heterocycles. The molecule has 0 saturated carbocycles. The fraction of sp³-hybridized carbons (Fsp3) is 1.00. The lowest BCUT2D eigenvalue weighted by Crippen LogP contribution is -2.61. The molecule has 0 aromatic carbocycles. The maximum atomic E-state index is 5.69. The maximum absolute atomic E-state index is 5.69. The third kappa shape index (κ3) is 1.05. The average molecular weight is 160 g/mol. The van der Waals surface area contributed by atoms with Gasteiger partial charge in [0.15, 0.2) is 0 Å². The van der Waals surface area contributed by atoms with Gasteiger partial charge in [-0.3, -0.25) is 4.72 Å². The van der Waals surface area contributed by atoms with Crippen LogP contribution in [0.5, 0.6) is 0 Å². The Bertz CT molecular complexity index is 128. The summed E-state index contributed by atoms with van der Waals surface area (Å²) >= 11 is 1.65. The minimum Gasteiger partial charge on any atom is -0.377 e. The first-order valence-corrected chi connectivity index (χ1v) is 4.45. The fourth-order valence-corrected chi connectivity index (χ4v) is 2.14. The third-order valence-electron chi connectivity index (χ3n) is 2.09. The third-order valence-corrected chi connectivity index (χ3v) is 3.18. The van der Waals surface area contributed by atoms with Crippen LogP contribution in [0.1, 0.15) is 12.8 Å². The minimum atomic E-state index is 0.284. The molecule has 2 rings (SSSR count). The number of hydrogen-bond acceptors (Lipinski definition) is 4. The molecular formula is C6H12N2OS. The molecule has 0 bridgehead atoms. The summed E-state index contributed by atoms with van der Waals surface area (Å²) in [7, 11) is 0. The first-order chi connectivity index (χ1) is 4.81. The summed E-state index contributed by atoms with van der Waals surface area (Å²) in [5, 5.41) is 0.284. The second-order valence-corrected chi connectivity index (χ2v) is 4.12. The van der Waals surface area contributed by atoms with Crippen molar-refractivity contribution in [3.63, 3.8) is 0 Å². The van der Waals surface area contributed by atoms with Crippen molar-refractivity contribution < 1.29 is 4.74 Å². The predicted molar refractivity (Wildman–Crippen MR) is 41.5 cm³/mol. The Balaban J connectivity index is 1.90. The molecule has 3 N–H and O–H groups in total. The van der Waals surface area contributed by atoms with Gasteiger partial charge in [0.2, 0.25) is 0 Å². The van der Waals surface area contributed by atoms with Crippen LogP contribution in [-0.4, -0.2) is 24.1 Å². The second kappa shape index (κ2) is 2.37. The molecule has 2 fully saturated rings. The molecule has 2 aliphatic heterocycles. The van der Waals surface area contributed by atoms with Crippen molar-refractivity contribution >= 4 is 11.9 Å². The van der Waals surface area contributed by atoms with Crippen LogP contribution in [0.3, 0.4) is 0 Å². The van der Waals surface area contributed by atoms with E-state index in [1.54, 1.807) is 11.9 Å². The topological polar surface area (TPSA) is 47.3 Å². The number of ether oxygens (including phenoxy) is 1. The molecule has 1 atom stereocenters. The quantitative estimate of drug-likeness (QED) is 0.492. The highest BCUT2D eigenvalue weighted by molar-refractivity contribution is 7.98. The van der Waals surface area contributed by atoms with Gasteiger partial charge in [-0.2, -0.15) is 0 Å². The Hall–Kier alpha value is 0.230. The van der Waals surface area contributed by atoms with Crippen LogP contribution >= 0.6 is 11.9 Å². The summed E-state index contributed by atoms with van der Waals surface area (Å²) in [6, 6.07) is 0. The zero-order chi connectivity index (χ0) is 7.03. The van der Waals surface area contributed by atoms with Gasteiger partial charge in [-0.05, 0) is 12.8 Å². The van der Waals surface area contributed by atoms with E-state index in [9.17, 15) is 0 Å². The van der Waals surface area contributed by atoms with Crippen LogP contribution in [-0.2, 0) is 4.74 Å². The monoisotopic (exact) mass is 160 g/mol. The van der Waals surface area contributed by atoms with Gasteiger partial charge in [0, 0.05) is 0 Å². The van der Waals surface area contributed by atoms with E-state index in [0.717, 1.165) is 19.6 Å². The lowest BCUT2D eigenvalue weighted by molar-refractivity contribution is -0.0681. The van der Waals surface area contributed by atoms with Crippen molar-refractivity contribution in [2.75, 3.05) is 13.2 Å². The van der Waals surface area contributed by atoms with Crippen molar-refractivity contribution in [1.82, 2.24) is 4.72 Å². The molecule has 0 aromatic heterocycles. The Kier molecular flexibility index (Phi) is 1.64. The molecular weight excluding hydrogens is 148 g/mol. The largest absolute Gasteiger partial charge is 0.377 e. The van der Waals surface area contributed by atoms with Crippen LogP contribution in [0.4, 0.5) is 0 Å². The van der Waals surface area contributed by atoms with Crippen LogP contribution in [0.25, 0.3) is 0 Å². The molecule has 0 amide bonds. The molecule has 1 unspecified atom stereocenters. The standard InChI is InChI=1S/C6H12N2OS/c7-5-1-2-6(8-10-5)3-9-4-6/h5,8H,1-4,7H2. The highest BCUT2D eigenvalue weighted by Gasteiger charge is 2.41. The van der Waals surface area contributed by atoms with Gasteiger partial charge in [0.25, 0.3) is 0 Å². The Morgan fingerprint density at radius 2 is 2.40 bits per heavy atom. The zero-order valence-electron chi connectivity index (χ0n) is 5.80. The number of hydrogen-bond donors (Lipinski definition) is 2. The van der Waals surface area contributed by atoms with Gasteiger partial charge >= 0.3 is 0 Å². The predicted octanol–water partition coefficient (Wildman–Crippen LogP) is 0.0718. The maximum Gasteiger partial charge on any atom is 0.0750 e. The van der Waals surface area contributed by atoms with E-state index in [1.807, 2.05) is 0 Å². The Morgan fingerprint density at radius 3 is 2.80 bits per heavy atom. The van der Waals surface area contributed by atoms with E-state index in [2.05, 4.69) is 4.72 Å². The SMILES string of the molecule is NC1CCC2(COC2)NS1.